The van der Waals surface area contributed by atoms with Gasteiger partial charge >= 0.3 is 0 Å². The van der Waals surface area contributed by atoms with Gasteiger partial charge in [0, 0.05) is 12.8 Å². The normalized spacial score (nSPS) is 10.9. The van der Waals surface area contributed by atoms with Gasteiger partial charge in [0.15, 0.2) is 0 Å². The minimum absolute atomic E-state index is 0.796. The minimum Gasteiger partial charge on any atom is -0.363 e. The molecule has 14 heavy (non-hydrogen) atoms. The van der Waals surface area contributed by atoms with E-state index in [9.17, 15) is 0 Å². The molecule has 3 nitrogen and oxygen atoms in total. The smallest absolute Gasteiger partial charge is 0.205 e. The zero-order valence-corrected chi connectivity index (χ0v) is 10.5. The van der Waals surface area contributed by atoms with Gasteiger partial charge in [-0.2, -0.15) is 11.8 Å². The Morgan fingerprint density at radius 1 is 1.43 bits per heavy atom. The molecule has 0 amide bonds. The molecule has 0 saturated carbocycles. The average Bonchev–Trinajstić information content (AvgIpc) is 2.60. The van der Waals surface area contributed by atoms with Gasteiger partial charge in [-0.05, 0) is 18.1 Å². The van der Waals surface area contributed by atoms with E-state index in [4.69, 9.17) is 0 Å². The van der Waals surface area contributed by atoms with Gasteiger partial charge in [-0.25, -0.2) is 0 Å². The molecule has 0 bridgehead atoms. The van der Waals surface area contributed by atoms with Crippen LogP contribution in [0.5, 0.6) is 0 Å². The fraction of sp³-hybridized carbons (Fsp3) is 0.778. The molecule has 0 saturated heterocycles. The van der Waals surface area contributed by atoms with E-state index in [0.717, 1.165) is 21.8 Å². The van der Waals surface area contributed by atoms with Crippen LogP contribution in [0.15, 0.2) is 0 Å². The van der Waals surface area contributed by atoms with E-state index in [0.29, 0.717) is 0 Å². The van der Waals surface area contributed by atoms with E-state index in [2.05, 4.69) is 29.4 Å². The van der Waals surface area contributed by atoms with Crippen LogP contribution in [0.1, 0.15) is 25.3 Å². The second-order valence-corrected chi connectivity index (χ2v) is 5.65. The fourth-order valence-corrected chi connectivity index (χ4v) is 2.88. The molecule has 0 unspecified atom stereocenters. The molecule has 0 fully saturated rings. The van der Waals surface area contributed by atoms with Crippen LogP contribution >= 0.6 is 23.1 Å². The molecular formula is C9H17N3S2. The van der Waals surface area contributed by atoms with Crippen molar-refractivity contribution in [1.29, 1.82) is 0 Å². The van der Waals surface area contributed by atoms with Crippen molar-refractivity contribution in [2.24, 2.45) is 5.92 Å². The SMILES string of the molecule is CNc1nnc(CSCCC(C)C)s1. The Morgan fingerprint density at radius 3 is 2.79 bits per heavy atom. The van der Waals surface area contributed by atoms with Crippen molar-refractivity contribution in [3.63, 3.8) is 0 Å². The van der Waals surface area contributed by atoms with E-state index in [1.807, 2.05) is 18.8 Å². The van der Waals surface area contributed by atoms with Crippen LogP contribution in [0.4, 0.5) is 5.13 Å². The Balaban J connectivity index is 2.18. The molecule has 1 aromatic rings. The summed E-state index contributed by atoms with van der Waals surface area (Å²) in [6.07, 6.45) is 1.28. The first-order valence-corrected chi connectivity index (χ1v) is 6.77. The van der Waals surface area contributed by atoms with Crippen LogP contribution in [-0.2, 0) is 5.75 Å². The first-order chi connectivity index (χ1) is 6.72. The molecule has 0 aliphatic rings. The van der Waals surface area contributed by atoms with Crippen LogP contribution in [0.2, 0.25) is 0 Å². The largest absolute Gasteiger partial charge is 0.363 e. The van der Waals surface area contributed by atoms with E-state index < -0.39 is 0 Å². The molecule has 0 radical (unpaired) electrons. The molecule has 0 spiro atoms. The highest BCUT2D eigenvalue weighted by molar-refractivity contribution is 7.98. The fourth-order valence-electron chi connectivity index (χ4n) is 0.891. The number of hydrogen-bond acceptors (Lipinski definition) is 5. The maximum atomic E-state index is 4.09. The summed E-state index contributed by atoms with van der Waals surface area (Å²) in [5.74, 6) is 3.00. The molecule has 1 aromatic heterocycles. The van der Waals surface area contributed by atoms with Crippen LogP contribution in [0.3, 0.4) is 0 Å². The van der Waals surface area contributed by atoms with Gasteiger partial charge in [0.25, 0.3) is 0 Å². The lowest BCUT2D eigenvalue weighted by Crippen LogP contribution is -1.90. The summed E-state index contributed by atoms with van der Waals surface area (Å²) < 4.78 is 0. The van der Waals surface area contributed by atoms with Crippen molar-refractivity contribution in [2.45, 2.75) is 26.0 Å². The predicted molar refractivity (Wildman–Crippen MR) is 65.1 cm³/mol. The molecule has 1 heterocycles. The van der Waals surface area contributed by atoms with Gasteiger partial charge in [0.1, 0.15) is 5.01 Å². The second kappa shape index (κ2) is 6.24. The number of nitrogens with one attached hydrogen (secondary N) is 1. The Kier molecular flexibility index (Phi) is 5.25. The Bertz CT molecular complexity index is 260. The summed E-state index contributed by atoms with van der Waals surface area (Å²) in [7, 11) is 1.87. The van der Waals surface area contributed by atoms with Crippen molar-refractivity contribution >= 4 is 28.2 Å². The maximum absolute atomic E-state index is 4.09. The van der Waals surface area contributed by atoms with E-state index in [1.165, 1.54) is 12.2 Å². The van der Waals surface area contributed by atoms with Crippen molar-refractivity contribution < 1.29 is 0 Å². The Morgan fingerprint density at radius 2 is 2.21 bits per heavy atom. The van der Waals surface area contributed by atoms with Crippen molar-refractivity contribution in [3.05, 3.63) is 5.01 Å². The number of anilines is 1. The van der Waals surface area contributed by atoms with Crippen molar-refractivity contribution in [1.82, 2.24) is 10.2 Å². The van der Waals surface area contributed by atoms with Crippen molar-refractivity contribution in [3.8, 4) is 0 Å². The molecule has 1 rings (SSSR count). The van der Waals surface area contributed by atoms with Crippen LogP contribution in [-0.4, -0.2) is 23.0 Å². The topological polar surface area (TPSA) is 37.8 Å². The van der Waals surface area contributed by atoms with Gasteiger partial charge < -0.3 is 5.32 Å². The number of aromatic nitrogens is 2. The maximum Gasteiger partial charge on any atom is 0.205 e. The molecule has 0 aromatic carbocycles. The lowest BCUT2D eigenvalue weighted by molar-refractivity contribution is 0.632. The highest BCUT2D eigenvalue weighted by atomic mass is 32.2. The zero-order valence-electron chi connectivity index (χ0n) is 8.91. The third-order valence-corrected chi connectivity index (χ3v) is 3.87. The zero-order chi connectivity index (χ0) is 10.4. The minimum atomic E-state index is 0.796. The number of hydrogen-bond donors (Lipinski definition) is 1. The summed E-state index contributed by atoms with van der Waals surface area (Å²) in [6.45, 7) is 4.51. The van der Waals surface area contributed by atoms with Gasteiger partial charge in [-0.3, -0.25) is 0 Å². The van der Waals surface area contributed by atoms with Crippen LogP contribution < -0.4 is 5.32 Å². The monoisotopic (exact) mass is 231 g/mol. The summed E-state index contributed by atoms with van der Waals surface area (Å²) in [4.78, 5) is 0. The first-order valence-electron chi connectivity index (χ1n) is 4.80. The summed E-state index contributed by atoms with van der Waals surface area (Å²) in [6, 6.07) is 0. The Labute approximate surface area is 93.7 Å². The number of nitrogens with zero attached hydrogens (tertiary/aromatic N) is 2. The molecule has 1 N–H and O–H groups in total. The molecule has 0 aliphatic carbocycles. The van der Waals surface area contributed by atoms with Gasteiger partial charge in [-0.1, -0.05) is 25.2 Å². The molecule has 80 valence electrons. The molecule has 5 heteroatoms. The Hall–Kier alpha value is -0.290. The van der Waals surface area contributed by atoms with Gasteiger partial charge in [0.2, 0.25) is 5.13 Å². The third-order valence-electron chi connectivity index (χ3n) is 1.75. The second-order valence-electron chi connectivity index (χ2n) is 3.49. The highest BCUT2D eigenvalue weighted by Gasteiger charge is 2.02. The quantitative estimate of drug-likeness (QED) is 0.764. The van der Waals surface area contributed by atoms with Crippen LogP contribution in [0.25, 0.3) is 0 Å². The number of thioether (sulfide) groups is 1. The first kappa shape index (κ1) is 11.8. The third kappa shape index (κ3) is 4.28. The molecular weight excluding hydrogens is 214 g/mol. The van der Waals surface area contributed by atoms with Crippen molar-refractivity contribution in [2.75, 3.05) is 18.1 Å². The van der Waals surface area contributed by atoms with Gasteiger partial charge in [-0.15, -0.1) is 10.2 Å². The standard InChI is InChI=1S/C9H17N3S2/c1-7(2)4-5-13-6-8-11-12-9(10-3)14-8/h7H,4-6H2,1-3H3,(H,10,12). The average molecular weight is 231 g/mol. The summed E-state index contributed by atoms with van der Waals surface area (Å²) in [5, 5.41) is 13.1. The molecule has 0 aliphatic heterocycles. The highest BCUT2D eigenvalue weighted by Crippen LogP contribution is 2.20. The summed E-state index contributed by atoms with van der Waals surface area (Å²) in [5.41, 5.74) is 0. The van der Waals surface area contributed by atoms with E-state index >= 15 is 0 Å². The van der Waals surface area contributed by atoms with Gasteiger partial charge in [0.05, 0.1) is 0 Å². The molecule has 0 atom stereocenters. The van der Waals surface area contributed by atoms with E-state index in [-0.39, 0.29) is 0 Å². The summed E-state index contributed by atoms with van der Waals surface area (Å²) >= 11 is 3.58. The lowest BCUT2D eigenvalue weighted by atomic mass is 10.2. The predicted octanol–water partition coefficient (Wildman–Crippen LogP) is 2.86. The van der Waals surface area contributed by atoms with E-state index in [1.54, 1.807) is 11.3 Å². The lowest BCUT2D eigenvalue weighted by Gasteiger charge is -2.01. The number of rotatable bonds is 6. The van der Waals surface area contributed by atoms with Crippen LogP contribution in [0, 0.1) is 5.92 Å².